The van der Waals surface area contributed by atoms with Gasteiger partial charge in [-0.25, -0.2) is 0 Å². The third-order valence-electron chi connectivity index (χ3n) is 1.23. The molecule has 11 heavy (non-hydrogen) atoms. The molecule has 0 aromatic carbocycles. The Morgan fingerprint density at radius 1 is 1.73 bits per heavy atom. The maximum atomic E-state index is 8.11. The molecule has 1 aromatic heterocycles. The number of hydrogen-bond acceptors (Lipinski definition) is 2. The van der Waals surface area contributed by atoms with Gasteiger partial charge in [0.2, 0.25) is 0 Å². The van der Waals surface area contributed by atoms with Crippen LogP contribution in [0.2, 0.25) is 0 Å². The molecule has 4 nitrogen and oxygen atoms in total. The predicted octanol–water partition coefficient (Wildman–Crippen LogP) is 3.41. The van der Waals surface area contributed by atoms with E-state index in [9.17, 15) is 0 Å². The van der Waals surface area contributed by atoms with E-state index in [0.717, 1.165) is 0 Å². The van der Waals surface area contributed by atoms with Gasteiger partial charge in [-0.1, -0.05) is 5.11 Å². The molecule has 1 heterocycles. The van der Waals surface area contributed by atoms with Crippen molar-refractivity contribution in [1.29, 1.82) is 0 Å². The van der Waals surface area contributed by atoms with Gasteiger partial charge in [-0.3, -0.25) is 0 Å². The van der Waals surface area contributed by atoms with Crippen molar-refractivity contribution in [3.63, 3.8) is 0 Å². The zero-order valence-electron chi connectivity index (χ0n) is 5.86. The minimum Gasteiger partial charge on any atom is -0.454 e. The molecule has 0 radical (unpaired) electrons. The first-order valence-electron chi connectivity index (χ1n) is 3.03. The highest BCUT2D eigenvalue weighted by Gasteiger charge is 2.06. The topological polar surface area (TPSA) is 61.9 Å². The number of halogens is 1. The van der Waals surface area contributed by atoms with Crippen LogP contribution in [0.3, 0.4) is 0 Å². The van der Waals surface area contributed by atoms with E-state index in [4.69, 9.17) is 9.95 Å². The van der Waals surface area contributed by atoms with Crippen molar-refractivity contribution in [2.45, 2.75) is 13.0 Å². The zero-order valence-corrected chi connectivity index (χ0v) is 7.45. The largest absolute Gasteiger partial charge is 0.454 e. The van der Waals surface area contributed by atoms with E-state index in [0.29, 0.717) is 10.4 Å². The Kier molecular flexibility index (Phi) is 2.57. The van der Waals surface area contributed by atoms with Gasteiger partial charge < -0.3 is 4.42 Å². The lowest BCUT2D eigenvalue weighted by atomic mass is 10.3. The van der Waals surface area contributed by atoms with Gasteiger partial charge in [0.05, 0.1) is 6.04 Å². The van der Waals surface area contributed by atoms with Gasteiger partial charge in [0.1, 0.15) is 5.76 Å². The highest BCUT2D eigenvalue weighted by Crippen LogP contribution is 2.22. The van der Waals surface area contributed by atoms with Crippen molar-refractivity contribution in [2.75, 3.05) is 0 Å². The van der Waals surface area contributed by atoms with Crippen LogP contribution in [-0.2, 0) is 0 Å². The Balaban J connectivity index is 2.84. The molecule has 0 aliphatic carbocycles. The molecule has 1 aromatic rings. The average Bonchev–Trinajstić information content (AvgIpc) is 2.36. The molecule has 0 saturated heterocycles. The fourth-order valence-corrected chi connectivity index (χ4v) is 1.01. The zero-order chi connectivity index (χ0) is 8.27. The summed E-state index contributed by atoms with van der Waals surface area (Å²) in [7, 11) is 0. The molecular formula is C6H6BrN3O. The molecule has 0 amide bonds. The molecule has 58 valence electrons. The summed E-state index contributed by atoms with van der Waals surface area (Å²) in [5, 5.41) is 3.47. The summed E-state index contributed by atoms with van der Waals surface area (Å²) in [5.41, 5.74) is 8.11. The summed E-state index contributed by atoms with van der Waals surface area (Å²) >= 11 is 3.15. The van der Waals surface area contributed by atoms with Crippen LogP contribution in [0.1, 0.15) is 18.7 Å². The molecule has 5 heteroatoms. The number of hydrogen-bond donors (Lipinski definition) is 0. The fraction of sp³-hybridized carbons (Fsp3) is 0.333. The summed E-state index contributed by atoms with van der Waals surface area (Å²) in [6.45, 7) is 1.77. The third kappa shape index (κ3) is 2.00. The van der Waals surface area contributed by atoms with E-state index in [2.05, 4.69) is 26.0 Å². The van der Waals surface area contributed by atoms with Crippen molar-refractivity contribution in [2.24, 2.45) is 5.11 Å². The molecule has 0 spiro atoms. The Bertz CT molecular complexity index is 290. The molecule has 0 unspecified atom stereocenters. The van der Waals surface area contributed by atoms with Crippen molar-refractivity contribution in [1.82, 2.24) is 0 Å². The Morgan fingerprint density at radius 2 is 2.45 bits per heavy atom. The number of azide groups is 1. The van der Waals surface area contributed by atoms with E-state index in [1.165, 1.54) is 0 Å². The fourth-order valence-electron chi connectivity index (χ4n) is 0.687. The van der Waals surface area contributed by atoms with Crippen molar-refractivity contribution in [3.8, 4) is 0 Å². The molecular weight excluding hydrogens is 210 g/mol. The van der Waals surface area contributed by atoms with Crippen LogP contribution in [-0.4, -0.2) is 0 Å². The number of furan rings is 1. The summed E-state index contributed by atoms with van der Waals surface area (Å²) in [6.07, 6.45) is 0. The van der Waals surface area contributed by atoms with Gasteiger partial charge in [0.25, 0.3) is 0 Å². The monoisotopic (exact) mass is 215 g/mol. The molecule has 0 bridgehead atoms. The second-order valence-corrected chi connectivity index (χ2v) is 2.80. The van der Waals surface area contributed by atoms with Crippen LogP contribution in [0.5, 0.6) is 0 Å². The minimum atomic E-state index is -0.244. The third-order valence-corrected chi connectivity index (χ3v) is 1.66. The van der Waals surface area contributed by atoms with E-state index in [1.807, 2.05) is 0 Å². The normalized spacial score (nSPS) is 12.2. The van der Waals surface area contributed by atoms with Crippen molar-refractivity contribution in [3.05, 3.63) is 33.0 Å². The van der Waals surface area contributed by atoms with Crippen LogP contribution in [0.15, 0.2) is 26.3 Å². The average molecular weight is 216 g/mol. The van der Waals surface area contributed by atoms with E-state index >= 15 is 0 Å². The quantitative estimate of drug-likeness (QED) is 0.424. The summed E-state index contributed by atoms with van der Waals surface area (Å²) in [6, 6.07) is 3.29. The first-order valence-corrected chi connectivity index (χ1v) is 3.83. The maximum Gasteiger partial charge on any atom is 0.169 e. The number of nitrogens with zero attached hydrogens (tertiary/aromatic N) is 3. The van der Waals surface area contributed by atoms with Gasteiger partial charge in [0.15, 0.2) is 4.67 Å². The van der Waals surface area contributed by atoms with Crippen LogP contribution in [0.25, 0.3) is 10.4 Å². The Hall–Kier alpha value is -0.930. The van der Waals surface area contributed by atoms with Gasteiger partial charge in [-0.2, -0.15) is 0 Å². The predicted molar refractivity (Wildman–Crippen MR) is 44.0 cm³/mol. The highest BCUT2D eigenvalue weighted by molar-refractivity contribution is 9.10. The number of rotatable bonds is 2. The lowest BCUT2D eigenvalue weighted by Crippen LogP contribution is -1.82. The van der Waals surface area contributed by atoms with E-state index in [1.54, 1.807) is 19.1 Å². The van der Waals surface area contributed by atoms with Crippen LogP contribution in [0, 0.1) is 0 Å². The molecule has 0 saturated carbocycles. The summed E-state index contributed by atoms with van der Waals surface area (Å²) in [5.74, 6) is 0.662. The maximum absolute atomic E-state index is 8.11. The van der Waals surface area contributed by atoms with Crippen LogP contribution >= 0.6 is 15.9 Å². The van der Waals surface area contributed by atoms with Gasteiger partial charge in [-0.05, 0) is 40.5 Å². The van der Waals surface area contributed by atoms with Gasteiger partial charge in [-0.15, -0.1) is 0 Å². The van der Waals surface area contributed by atoms with Gasteiger partial charge in [0, 0.05) is 4.91 Å². The molecule has 0 aliphatic heterocycles. The summed E-state index contributed by atoms with van der Waals surface area (Å²) in [4.78, 5) is 2.67. The minimum absolute atomic E-state index is 0.244. The van der Waals surface area contributed by atoms with Gasteiger partial charge >= 0.3 is 0 Å². The Labute approximate surface area is 72.0 Å². The summed E-state index contributed by atoms with van der Waals surface area (Å²) < 4.78 is 5.80. The van der Waals surface area contributed by atoms with Crippen molar-refractivity contribution < 1.29 is 4.42 Å². The molecule has 0 fully saturated rings. The van der Waals surface area contributed by atoms with Crippen LogP contribution < -0.4 is 0 Å². The lowest BCUT2D eigenvalue weighted by molar-refractivity contribution is 0.461. The smallest absolute Gasteiger partial charge is 0.169 e. The van der Waals surface area contributed by atoms with Crippen LogP contribution in [0.4, 0.5) is 0 Å². The SMILES string of the molecule is C[C@H](N=[N+]=[N-])c1ccc(Br)o1. The second-order valence-electron chi connectivity index (χ2n) is 2.02. The Morgan fingerprint density at radius 3 is 2.91 bits per heavy atom. The first kappa shape index (κ1) is 8.17. The lowest BCUT2D eigenvalue weighted by Gasteiger charge is -1.96. The first-order chi connectivity index (χ1) is 5.24. The molecule has 1 rings (SSSR count). The molecule has 0 aliphatic rings. The second kappa shape index (κ2) is 3.46. The van der Waals surface area contributed by atoms with E-state index in [-0.39, 0.29) is 6.04 Å². The highest BCUT2D eigenvalue weighted by atomic mass is 79.9. The molecule has 0 N–H and O–H groups in total. The van der Waals surface area contributed by atoms with E-state index < -0.39 is 0 Å². The molecule has 1 atom stereocenters. The standard InChI is InChI=1S/C6H6BrN3O/c1-4(9-10-8)5-2-3-6(7)11-5/h2-4H,1H3/t4-/m0/s1. The van der Waals surface area contributed by atoms with Crippen molar-refractivity contribution >= 4 is 15.9 Å².